The van der Waals surface area contributed by atoms with Crippen LogP contribution in [-0.2, 0) is 14.2 Å². The number of hydrogen-bond acceptors (Lipinski definition) is 5. The predicted molar refractivity (Wildman–Crippen MR) is 91.6 cm³/mol. The highest BCUT2D eigenvalue weighted by Crippen LogP contribution is 2.21. The summed E-state index contributed by atoms with van der Waals surface area (Å²) in [5, 5.41) is 9.96. The van der Waals surface area contributed by atoms with E-state index in [0.717, 1.165) is 12.8 Å². The maximum Gasteiger partial charge on any atom is 0.508 e. The van der Waals surface area contributed by atoms with Gasteiger partial charge in [-0.2, -0.15) is 0 Å². The van der Waals surface area contributed by atoms with Crippen LogP contribution in [0.4, 0.5) is 4.79 Å². The lowest BCUT2D eigenvalue weighted by molar-refractivity contribution is -0.0696. The molecule has 23 heavy (non-hydrogen) atoms. The van der Waals surface area contributed by atoms with Crippen molar-refractivity contribution < 1.29 is 24.1 Å². The minimum atomic E-state index is -0.693. The molecule has 0 aliphatic carbocycles. The Morgan fingerprint density at radius 3 is 1.96 bits per heavy atom. The Bertz CT molecular complexity index is 345. The van der Waals surface area contributed by atoms with Crippen molar-refractivity contribution in [3.05, 3.63) is 0 Å². The fourth-order valence-electron chi connectivity index (χ4n) is 1.80. The Morgan fingerprint density at radius 1 is 0.913 bits per heavy atom. The molecule has 0 bridgehead atoms. The first-order valence-electron chi connectivity index (χ1n) is 8.71. The van der Waals surface area contributed by atoms with Crippen molar-refractivity contribution in [1.29, 1.82) is 0 Å². The molecule has 138 valence electrons. The van der Waals surface area contributed by atoms with E-state index in [4.69, 9.17) is 14.2 Å². The van der Waals surface area contributed by atoms with Crippen LogP contribution in [-0.4, -0.2) is 41.3 Å². The smallest absolute Gasteiger partial charge is 0.434 e. The zero-order chi connectivity index (χ0) is 18.1. The first-order valence-corrected chi connectivity index (χ1v) is 8.71. The van der Waals surface area contributed by atoms with Gasteiger partial charge in [-0.05, 0) is 53.4 Å². The van der Waals surface area contributed by atoms with Gasteiger partial charge in [0.25, 0.3) is 0 Å². The SMILES string of the molecule is CCC(C)(O)CCOC(C)(C)CCOC(=O)OC(C)(CC)CC. The van der Waals surface area contributed by atoms with E-state index < -0.39 is 23.0 Å². The summed E-state index contributed by atoms with van der Waals surface area (Å²) in [6.07, 6.45) is 2.74. The maximum atomic E-state index is 11.7. The molecule has 0 aromatic rings. The van der Waals surface area contributed by atoms with Gasteiger partial charge in [-0.25, -0.2) is 4.79 Å². The summed E-state index contributed by atoms with van der Waals surface area (Å²) in [6, 6.07) is 0. The van der Waals surface area contributed by atoms with Gasteiger partial charge in [0.05, 0.1) is 24.4 Å². The molecule has 0 aliphatic rings. The van der Waals surface area contributed by atoms with E-state index in [1.807, 2.05) is 41.5 Å². The van der Waals surface area contributed by atoms with Crippen molar-refractivity contribution in [2.24, 2.45) is 0 Å². The number of hydrogen-bond donors (Lipinski definition) is 1. The molecular weight excluding hydrogens is 296 g/mol. The molecule has 5 heteroatoms. The summed E-state index contributed by atoms with van der Waals surface area (Å²) in [7, 11) is 0. The van der Waals surface area contributed by atoms with Gasteiger partial charge in [-0.15, -0.1) is 0 Å². The van der Waals surface area contributed by atoms with E-state index >= 15 is 0 Å². The van der Waals surface area contributed by atoms with Crippen LogP contribution in [0, 0.1) is 0 Å². The Labute approximate surface area is 141 Å². The first-order chi connectivity index (χ1) is 10.5. The van der Waals surface area contributed by atoms with E-state index in [2.05, 4.69) is 0 Å². The molecule has 0 amide bonds. The van der Waals surface area contributed by atoms with Crippen LogP contribution in [0.1, 0.15) is 80.6 Å². The Kier molecular flexibility index (Phi) is 9.14. The highest BCUT2D eigenvalue weighted by atomic mass is 16.7. The molecule has 0 fully saturated rings. The average molecular weight is 332 g/mol. The number of ether oxygens (including phenoxy) is 3. The lowest BCUT2D eigenvalue weighted by Crippen LogP contribution is -2.33. The van der Waals surface area contributed by atoms with E-state index in [1.54, 1.807) is 6.92 Å². The van der Waals surface area contributed by atoms with Crippen molar-refractivity contribution in [3.8, 4) is 0 Å². The quantitative estimate of drug-likeness (QED) is 0.566. The van der Waals surface area contributed by atoms with Crippen LogP contribution in [0.2, 0.25) is 0 Å². The molecule has 0 heterocycles. The van der Waals surface area contributed by atoms with E-state index in [0.29, 0.717) is 25.9 Å². The Morgan fingerprint density at radius 2 is 1.48 bits per heavy atom. The van der Waals surface area contributed by atoms with Crippen LogP contribution in [0.25, 0.3) is 0 Å². The molecule has 0 rings (SSSR count). The van der Waals surface area contributed by atoms with Crippen LogP contribution >= 0.6 is 0 Å². The van der Waals surface area contributed by atoms with Crippen molar-refractivity contribution in [2.75, 3.05) is 13.2 Å². The van der Waals surface area contributed by atoms with Crippen LogP contribution in [0.3, 0.4) is 0 Å². The molecule has 0 saturated carbocycles. The van der Waals surface area contributed by atoms with E-state index in [9.17, 15) is 9.90 Å². The van der Waals surface area contributed by atoms with Crippen molar-refractivity contribution in [3.63, 3.8) is 0 Å². The van der Waals surface area contributed by atoms with Crippen molar-refractivity contribution >= 4 is 6.16 Å². The lowest BCUT2D eigenvalue weighted by Gasteiger charge is -2.29. The van der Waals surface area contributed by atoms with Gasteiger partial charge in [0.15, 0.2) is 0 Å². The number of carbonyl (C=O) groups excluding carboxylic acids is 1. The second-order valence-electron chi connectivity index (χ2n) is 7.32. The summed E-state index contributed by atoms with van der Waals surface area (Å²) < 4.78 is 16.3. The third-order valence-electron chi connectivity index (χ3n) is 4.64. The zero-order valence-corrected chi connectivity index (χ0v) is 16.0. The normalized spacial score (nSPS) is 15.1. The zero-order valence-electron chi connectivity index (χ0n) is 16.0. The van der Waals surface area contributed by atoms with Crippen LogP contribution < -0.4 is 0 Å². The first kappa shape index (κ1) is 22.2. The van der Waals surface area contributed by atoms with Gasteiger partial charge in [0, 0.05) is 6.42 Å². The van der Waals surface area contributed by atoms with Gasteiger partial charge >= 0.3 is 6.16 Å². The second kappa shape index (κ2) is 9.48. The largest absolute Gasteiger partial charge is 0.508 e. The summed E-state index contributed by atoms with van der Waals surface area (Å²) >= 11 is 0. The minimum Gasteiger partial charge on any atom is -0.434 e. The molecular formula is C18H36O5. The summed E-state index contributed by atoms with van der Waals surface area (Å²) in [5.74, 6) is 0. The van der Waals surface area contributed by atoms with Gasteiger partial charge in [-0.3, -0.25) is 0 Å². The molecule has 0 spiro atoms. The fourth-order valence-corrected chi connectivity index (χ4v) is 1.80. The van der Waals surface area contributed by atoms with Crippen molar-refractivity contribution in [2.45, 2.75) is 97.4 Å². The summed E-state index contributed by atoms with van der Waals surface area (Å²) in [6.45, 7) is 14.3. The van der Waals surface area contributed by atoms with E-state index in [1.165, 1.54) is 0 Å². The molecule has 1 atom stereocenters. The van der Waals surface area contributed by atoms with Gasteiger partial charge in [0.1, 0.15) is 5.60 Å². The van der Waals surface area contributed by atoms with Crippen LogP contribution in [0.5, 0.6) is 0 Å². The molecule has 5 nitrogen and oxygen atoms in total. The van der Waals surface area contributed by atoms with Gasteiger partial charge in [0.2, 0.25) is 0 Å². The Hall–Kier alpha value is -0.810. The van der Waals surface area contributed by atoms with E-state index in [-0.39, 0.29) is 6.61 Å². The molecule has 0 aliphatic heterocycles. The van der Waals surface area contributed by atoms with Crippen molar-refractivity contribution in [1.82, 2.24) is 0 Å². The third-order valence-corrected chi connectivity index (χ3v) is 4.64. The number of aliphatic hydroxyl groups is 1. The average Bonchev–Trinajstić information content (AvgIpc) is 2.46. The van der Waals surface area contributed by atoms with Gasteiger partial charge in [-0.1, -0.05) is 20.8 Å². The number of carbonyl (C=O) groups is 1. The van der Waals surface area contributed by atoms with Gasteiger partial charge < -0.3 is 19.3 Å². The molecule has 0 radical (unpaired) electrons. The highest BCUT2D eigenvalue weighted by Gasteiger charge is 2.26. The second-order valence-corrected chi connectivity index (χ2v) is 7.32. The predicted octanol–water partition coefficient (Wildman–Crippen LogP) is 4.45. The highest BCUT2D eigenvalue weighted by molar-refractivity contribution is 5.60. The number of rotatable bonds is 11. The fraction of sp³-hybridized carbons (Fsp3) is 0.944. The topological polar surface area (TPSA) is 65.0 Å². The molecule has 0 aromatic heterocycles. The molecule has 1 unspecified atom stereocenters. The monoisotopic (exact) mass is 332 g/mol. The molecule has 1 N–H and O–H groups in total. The third kappa shape index (κ3) is 9.82. The molecule has 0 saturated heterocycles. The summed E-state index contributed by atoms with van der Waals surface area (Å²) in [5.41, 5.74) is -1.57. The summed E-state index contributed by atoms with van der Waals surface area (Å²) in [4.78, 5) is 11.7. The minimum absolute atomic E-state index is 0.250. The van der Waals surface area contributed by atoms with Crippen LogP contribution in [0.15, 0.2) is 0 Å². The maximum absolute atomic E-state index is 11.7. The lowest BCUT2D eigenvalue weighted by atomic mass is 9.99. The Balaban J connectivity index is 4.08. The molecule has 0 aromatic carbocycles. The standard InChI is InChI=1S/C18H36O5/c1-8-17(6,20)12-14-22-16(4,5)11-13-21-15(19)23-18(7,9-2)10-3/h20H,8-14H2,1-7H3.